The molecule has 1 aromatic carbocycles. The van der Waals surface area contributed by atoms with E-state index in [4.69, 9.17) is 0 Å². The van der Waals surface area contributed by atoms with Crippen LogP contribution in [0.2, 0.25) is 0 Å². The van der Waals surface area contributed by atoms with Crippen molar-refractivity contribution >= 4 is 21.6 Å². The third kappa shape index (κ3) is 2.71. The highest BCUT2D eigenvalue weighted by atomic mass is 79.9. The topological polar surface area (TPSA) is 57.7 Å². The molecule has 2 aromatic rings. The van der Waals surface area contributed by atoms with Crippen LogP contribution in [-0.2, 0) is 7.05 Å². The molecule has 5 nitrogen and oxygen atoms in total. The van der Waals surface area contributed by atoms with Crippen LogP contribution < -0.4 is 4.90 Å². The molecule has 0 N–H and O–H groups in total. The first kappa shape index (κ1) is 15.0. The van der Waals surface area contributed by atoms with Crippen LogP contribution in [0, 0.1) is 17.1 Å². The van der Waals surface area contributed by atoms with Crippen molar-refractivity contribution in [1.82, 2.24) is 14.8 Å². The van der Waals surface area contributed by atoms with Gasteiger partial charge in [0.05, 0.1) is 11.3 Å². The van der Waals surface area contributed by atoms with Gasteiger partial charge in [-0.2, -0.15) is 5.26 Å². The molecule has 0 spiro atoms. The second-order valence-electron chi connectivity index (χ2n) is 5.46. The number of hydrogen-bond donors (Lipinski definition) is 0. The Hall–Kier alpha value is -1.94. The summed E-state index contributed by atoms with van der Waals surface area (Å²) in [6.45, 7) is 1.60. The van der Waals surface area contributed by atoms with E-state index in [1.165, 1.54) is 12.1 Å². The molecule has 22 heavy (non-hydrogen) atoms. The lowest BCUT2D eigenvalue weighted by molar-refractivity contribution is 0.473. The van der Waals surface area contributed by atoms with Gasteiger partial charge < -0.3 is 9.47 Å². The number of anilines is 1. The van der Waals surface area contributed by atoms with E-state index >= 15 is 0 Å². The van der Waals surface area contributed by atoms with E-state index in [1.54, 1.807) is 6.33 Å². The van der Waals surface area contributed by atoms with Crippen molar-refractivity contribution in [2.45, 2.75) is 18.8 Å². The number of nitriles is 1. The highest BCUT2D eigenvalue weighted by Crippen LogP contribution is 2.35. The number of rotatable bonds is 2. The molecule has 0 bridgehead atoms. The van der Waals surface area contributed by atoms with Gasteiger partial charge in [-0.05, 0) is 40.9 Å². The van der Waals surface area contributed by atoms with E-state index in [2.05, 4.69) is 37.1 Å². The molecule has 1 aliphatic heterocycles. The van der Waals surface area contributed by atoms with E-state index in [1.807, 2.05) is 11.6 Å². The largest absolute Gasteiger partial charge is 0.370 e. The maximum atomic E-state index is 13.4. The molecule has 0 atom stereocenters. The number of aryl methyl sites for hydroxylation is 1. The quantitative estimate of drug-likeness (QED) is 0.822. The molecule has 0 amide bonds. The molecule has 0 unspecified atom stereocenters. The SMILES string of the molecule is Cn1cnnc1C1CCN(c2c(Br)cc(F)cc2C#N)CC1. The van der Waals surface area contributed by atoms with Crippen molar-refractivity contribution < 1.29 is 4.39 Å². The predicted octanol–water partition coefficient (Wildman–Crippen LogP) is 2.97. The Labute approximate surface area is 136 Å². The highest BCUT2D eigenvalue weighted by Gasteiger charge is 2.26. The van der Waals surface area contributed by atoms with Gasteiger partial charge in [0.2, 0.25) is 0 Å². The van der Waals surface area contributed by atoms with Crippen LogP contribution in [0.15, 0.2) is 22.9 Å². The Balaban J connectivity index is 1.80. The fourth-order valence-corrected chi connectivity index (χ4v) is 3.68. The van der Waals surface area contributed by atoms with Crippen LogP contribution >= 0.6 is 15.9 Å². The number of hydrogen-bond acceptors (Lipinski definition) is 4. The molecule has 2 heterocycles. The minimum Gasteiger partial charge on any atom is -0.370 e. The average Bonchev–Trinajstić information content (AvgIpc) is 2.93. The average molecular weight is 364 g/mol. The smallest absolute Gasteiger partial charge is 0.135 e. The van der Waals surface area contributed by atoms with Gasteiger partial charge in [0.25, 0.3) is 0 Å². The lowest BCUT2D eigenvalue weighted by Crippen LogP contribution is -2.34. The third-order valence-corrected chi connectivity index (χ3v) is 4.68. The Morgan fingerprint density at radius 2 is 2.09 bits per heavy atom. The molecule has 0 saturated carbocycles. The van der Waals surface area contributed by atoms with E-state index in [9.17, 15) is 9.65 Å². The summed E-state index contributed by atoms with van der Waals surface area (Å²) in [6, 6.07) is 4.78. The standard InChI is InChI=1S/C15H15BrFN5/c1-21-9-19-20-15(21)10-2-4-22(5-3-10)14-11(8-18)6-12(17)7-13(14)16/h6-7,9-10H,2-5H2,1H3. The van der Waals surface area contributed by atoms with Gasteiger partial charge in [0.15, 0.2) is 0 Å². The minimum atomic E-state index is -0.402. The zero-order valence-corrected chi connectivity index (χ0v) is 13.7. The van der Waals surface area contributed by atoms with E-state index in [-0.39, 0.29) is 0 Å². The van der Waals surface area contributed by atoms with Crippen molar-refractivity contribution in [3.63, 3.8) is 0 Å². The van der Waals surface area contributed by atoms with Gasteiger partial charge in [0.1, 0.15) is 24.0 Å². The summed E-state index contributed by atoms with van der Waals surface area (Å²) in [5.41, 5.74) is 1.14. The fraction of sp³-hybridized carbons (Fsp3) is 0.400. The number of piperidine rings is 1. The normalized spacial score (nSPS) is 15.8. The van der Waals surface area contributed by atoms with Crippen molar-refractivity contribution in [2.24, 2.45) is 7.05 Å². The van der Waals surface area contributed by atoms with Crippen LogP contribution in [-0.4, -0.2) is 27.9 Å². The maximum Gasteiger partial charge on any atom is 0.135 e. The first-order chi connectivity index (χ1) is 10.6. The Kier molecular flexibility index (Phi) is 4.12. The van der Waals surface area contributed by atoms with E-state index in [0.29, 0.717) is 16.0 Å². The van der Waals surface area contributed by atoms with Gasteiger partial charge in [-0.1, -0.05) is 0 Å². The summed E-state index contributed by atoms with van der Waals surface area (Å²) in [7, 11) is 1.95. The molecular formula is C15H15BrFN5. The monoisotopic (exact) mass is 363 g/mol. The Morgan fingerprint density at radius 1 is 1.36 bits per heavy atom. The minimum absolute atomic E-state index is 0.365. The van der Waals surface area contributed by atoms with Crippen molar-refractivity contribution in [2.75, 3.05) is 18.0 Å². The molecule has 114 valence electrons. The molecule has 1 aliphatic rings. The van der Waals surface area contributed by atoms with Gasteiger partial charge in [-0.25, -0.2) is 4.39 Å². The molecule has 1 fully saturated rings. The predicted molar refractivity (Wildman–Crippen MR) is 84.0 cm³/mol. The highest BCUT2D eigenvalue weighted by molar-refractivity contribution is 9.10. The first-order valence-corrected chi connectivity index (χ1v) is 7.87. The molecule has 1 aromatic heterocycles. The maximum absolute atomic E-state index is 13.4. The van der Waals surface area contributed by atoms with Crippen molar-refractivity contribution in [3.8, 4) is 6.07 Å². The Morgan fingerprint density at radius 3 is 2.68 bits per heavy atom. The zero-order valence-electron chi connectivity index (χ0n) is 12.1. The lowest BCUT2D eigenvalue weighted by Gasteiger charge is -2.34. The van der Waals surface area contributed by atoms with Crippen molar-refractivity contribution in [3.05, 3.63) is 40.1 Å². The molecule has 3 rings (SSSR count). The second-order valence-corrected chi connectivity index (χ2v) is 6.31. The number of aromatic nitrogens is 3. The fourth-order valence-electron chi connectivity index (χ4n) is 3.00. The van der Waals surface area contributed by atoms with Crippen LogP contribution in [0.5, 0.6) is 0 Å². The summed E-state index contributed by atoms with van der Waals surface area (Å²) in [4.78, 5) is 2.13. The second kappa shape index (κ2) is 6.05. The summed E-state index contributed by atoms with van der Waals surface area (Å²) in [5.74, 6) is 0.966. The Bertz CT molecular complexity index is 728. The van der Waals surface area contributed by atoms with Gasteiger partial charge >= 0.3 is 0 Å². The number of halogens is 2. The van der Waals surface area contributed by atoms with Crippen LogP contribution in [0.1, 0.15) is 30.1 Å². The summed E-state index contributed by atoms with van der Waals surface area (Å²) in [6.07, 6.45) is 3.58. The molecule has 0 aliphatic carbocycles. The van der Waals surface area contributed by atoms with Crippen LogP contribution in [0.4, 0.5) is 10.1 Å². The van der Waals surface area contributed by atoms with Crippen molar-refractivity contribution in [1.29, 1.82) is 5.26 Å². The lowest BCUT2D eigenvalue weighted by atomic mass is 9.95. The third-order valence-electron chi connectivity index (χ3n) is 4.07. The summed E-state index contributed by atoms with van der Waals surface area (Å²) >= 11 is 3.38. The molecular weight excluding hydrogens is 349 g/mol. The first-order valence-electron chi connectivity index (χ1n) is 7.08. The number of nitrogens with zero attached hydrogens (tertiary/aromatic N) is 5. The van der Waals surface area contributed by atoms with Crippen LogP contribution in [0.3, 0.4) is 0 Å². The molecule has 1 saturated heterocycles. The summed E-state index contributed by atoms with van der Waals surface area (Å²) in [5, 5.41) is 17.4. The van der Waals surface area contributed by atoms with E-state index in [0.717, 1.165) is 37.4 Å². The van der Waals surface area contributed by atoms with Gasteiger partial charge in [-0.15, -0.1) is 10.2 Å². The van der Waals surface area contributed by atoms with E-state index < -0.39 is 5.82 Å². The van der Waals surface area contributed by atoms with Gasteiger partial charge in [0, 0.05) is 30.5 Å². The zero-order chi connectivity index (χ0) is 15.7. The van der Waals surface area contributed by atoms with Crippen LogP contribution in [0.25, 0.3) is 0 Å². The number of benzene rings is 1. The molecule has 0 radical (unpaired) electrons. The summed E-state index contributed by atoms with van der Waals surface area (Å²) < 4.78 is 16.0. The molecule has 7 heteroatoms. The van der Waals surface area contributed by atoms with Gasteiger partial charge in [-0.3, -0.25) is 0 Å².